The van der Waals surface area contributed by atoms with Crippen LogP contribution in [0.1, 0.15) is 65.1 Å². The molecule has 1 N–H and O–H groups in total. The third-order valence-corrected chi connectivity index (χ3v) is 5.82. The van der Waals surface area contributed by atoms with Gasteiger partial charge in [-0.1, -0.05) is 6.07 Å². The predicted molar refractivity (Wildman–Crippen MR) is 106 cm³/mol. The van der Waals surface area contributed by atoms with Crippen LogP contribution in [0.3, 0.4) is 0 Å². The topological polar surface area (TPSA) is 75.2 Å². The minimum absolute atomic E-state index is 0.0104. The molecule has 2 amide bonds. The number of carbonyl (C=O) groups is 2. The highest BCUT2D eigenvalue weighted by atomic mass is 16.2. The van der Waals surface area contributed by atoms with Crippen molar-refractivity contribution in [2.24, 2.45) is 5.92 Å². The molecule has 2 aromatic heterocycles. The minimum Gasteiger partial charge on any atom is -0.349 e. The molecule has 0 bridgehead atoms. The summed E-state index contributed by atoms with van der Waals surface area (Å²) in [6.07, 6.45) is 7.48. The first-order valence-corrected chi connectivity index (χ1v) is 10.1. The van der Waals surface area contributed by atoms with Gasteiger partial charge in [-0.3, -0.25) is 19.6 Å². The molecule has 0 aromatic carbocycles. The largest absolute Gasteiger partial charge is 0.349 e. The van der Waals surface area contributed by atoms with Gasteiger partial charge in [0.25, 0.3) is 11.8 Å². The first-order chi connectivity index (χ1) is 13.6. The fourth-order valence-electron chi connectivity index (χ4n) is 3.81. The van der Waals surface area contributed by atoms with Crippen LogP contribution in [-0.2, 0) is 0 Å². The van der Waals surface area contributed by atoms with Crippen LogP contribution in [0.5, 0.6) is 0 Å². The molecule has 28 heavy (non-hydrogen) atoms. The van der Waals surface area contributed by atoms with Gasteiger partial charge in [0.15, 0.2) is 0 Å². The number of piperidine rings is 1. The lowest BCUT2D eigenvalue weighted by Gasteiger charge is -2.31. The second-order valence-electron chi connectivity index (χ2n) is 7.85. The summed E-state index contributed by atoms with van der Waals surface area (Å²) in [5.74, 6) is 0.892. The maximum atomic E-state index is 12.5. The average Bonchev–Trinajstić information content (AvgIpc) is 3.60. The maximum Gasteiger partial charge on any atom is 0.272 e. The van der Waals surface area contributed by atoms with Crippen LogP contribution in [0.15, 0.2) is 42.7 Å². The molecule has 3 heterocycles. The molecule has 0 radical (unpaired) electrons. The van der Waals surface area contributed by atoms with Crippen molar-refractivity contribution in [3.63, 3.8) is 0 Å². The number of nitrogens with one attached hydrogen (secondary N) is 1. The Hall–Kier alpha value is -2.76. The van der Waals surface area contributed by atoms with Crippen molar-refractivity contribution >= 4 is 11.8 Å². The quantitative estimate of drug-likeness (QED) is 0.868. The molecule has 1 atom stereocenters. The summed E-state index contributed by atoms with van der Waals surface area (Å²) in [4.78, 5) is 35.4. The molecule has 0 spiro atoms. The molecular formula is C22H26N4O2. The number of likely N-dealkylation sites (tertiary alicyclic amines) is 1. The Balaban J connectivity index is 1.32. The van der Waals surface area contributed by atoms with Crippen molar-refractivity contribution < 1.29 is 9.59 Å². The van der Waals surface area contributed by atoms with E-state index in [4.69, 9.17) is 0 Å². The van der Waals surface area contributed by atoms with Crippen molar-refractivity contribution in [3.8, 4) is 0 Å². The van der Waals surface area contributed by atoms with E-state index in [0.29, 0.717) is 36.2 Å². The van der Waals surface area contributed by atoms with Crippen LogP contribution >= 0.6 is 0 Å². The Morgan fingerprint density at radius 2 is 1.86 bits per heavy atom. The summed E-state index contributed by atoms with van der Waals surface area (Å²) in [6.45, 7) is 3.46. The van der Waals surface area contributed by atoms with Crippen LogP contribution in [0, 0.1) is 5.92 Å². The highest BCUT2D eigenvalue weighted by molar-refractivity contribution is 5.94. The van der Waals surface area contributed by atoms with E-state index in [0.717, 1.165) is 18.5 Å². The average molecular weight is 378 g/mol. The highest BCUT2D eigenvalue weighted by Gasteiger charge is 2.29. The number of amides is 2. The van der Waals surface area contributed by atoms with E-state index in [-0.39, 0.29) is 17.9 Å². The van der Waals surface area contributed by atoms with Gasteiger partial charge in [-0.25, -0.2) is 0 Å². The van der Waals surface area contributed by atoms with Gasteiger partial charge in [0.2, 0.25) is 0 Å². The Morgan fingerprint density at radius 3 is 2.46 bits per heavy atom. The van der Waals surface area contributed by atoms with Gasteiger partial charge < -0.3 is 10.2 Å². The van der Waals surface area contributed by atoms with Gasteiger partial charge in [-0.05, 0) is 62.8 Å². The lowest BCUT2D eigenvalue weighted by Crippen LogP contribution is -2.38. The van der Waals surface area contributed by atoms with Crippen LogP contribution < -0.4 is 5.32 Å². The van der Waals surface area contributed by atoms with E-state index in [9.17, 15) is 9.59 Å². The molecule has 6 nitrogen and oxygen atoms in total. The normalized spacial score (nSPS) is 18.5. The van der Waals surface area contributed by atoms with Crippen molar-refractivity contribution in [1.82, 2.24) is 20.2 Å². The number of hydrogen-bond donors (Lipinski definition) is 1. The molecule has 4 rings (SSSR count). The summed E-state index contributed by atoms with van der Waals surface area (Å²) in [5.41, 5.74) is 2.10. The molecule has 146 valence electrons. The zero-order chi connectivity index (χ0) is 19.5. The molecule has 6 heteroatoms. The van der Waals surface area contributed by atoms with E-state index < -0.39 is 0 Å². The summed E-state index contributed by atoms with van der Waals surface area (Å²) in [7, 11) is 0. The minimum atomic E-state index is -0.0470. The third-order valence-electron chi connectivity index (χ3n) is 5.82. The number of pyridine rings is 2. The number of hydrogen-bond acceptors (Lipinski definition) is 4. The van der Waals surface area contributed by atoms with Gasteiger partial charge in [0, 0.05) is 43.1 Å². The smallest absolute Gasteiger partial charge is 0.272 e. The summed E-state index contributed by atoms with van der Waals surface area (Å²) < 4.78 is 0. The van der Waals surface area contributed by atoms with Crippen LogP contribution in [0.25, 0.3) is 0 Å². The van der Waals surface area contributed by atoms with E-state index in [1.54, 1.807) is 18.5 Å². The van der Waals surface area contributed by atoms with E-state index in [1.807, 2.05) is 29.2 Å². The zero-order valence-corrected chi connectivity index (χ0v) is 16.2. The van der Waals surface area contributed by atoms with Gasteiger partial charge in [0.1, 0.15) is 5.69 Å². The molecule has 2 aliphatic rings. The van der Waals surface area contributed by atoms with Gasteiger partial charge in [-0.2, -0.15) is 0 Å². The first-order valence-electron chi connectivity index (χ1n) is 10.1. The van der Waals surface area contributed by atoms with Crippen LogP contribution in [0.2, 0.25) is 0 Å². The van der Waals surface area contributed by atoms with Crippen LogP contribution in [-0.4, -0.2) is 45.8 Å². The lowest BCUT2D eigenvalue weighted by atomic mass is 9.92. The molecule has 1 aliphatic heterocycles. The number of carbonyl (C=O) groups excluding carboxylic acids is 2. The molecule has 0 unspecified atom stereocenters. The van der Waals surface area contributed by atoms with Gasteiger partial charge >= 0.3 is 0 Å². The molecular weight excluding hydrogens is 352 g/mol. The predicted octanol–water partition coefficient (Wildman–Crippen LogP) is 3.02. The lowest BCUT2D eigenvalue weighted by molar-refractivity contribution is 0.0705. The highest BCUT2D eigenvalue weighted by Crippen LogP contribution is 2.32. The SMILES string of the molecule is C[C@@H](NC(=O)c1ccc(C2CCN(C(=O)c3ccccn3)CC2)nc1)C1CC1. The zero-order valence-electron chi connectivity index (χ0n) is 16.2. The standard InChI is InChI=1S/C22H26N4O2/c1-15(16-5-6-16)25-21(27)18-7-8-19(24-14-18)17-9-12-26(13-10-17)22(28)20-4-2-3-11-23-20/h2-4,7-8,11,14-17H,5-6,9-10,12-13H2,1H3,(H,25,27)/t15-/m1/s1. The van der Waals surface area contributed by atoms with Gasteiger partial charge in [0.05, 0.1) is 5.56 Å². The first kappa shape index (κ1) is 18.6. The van der Waals surface area contributed by atoms with Crippen LogP contribution in [0.4, 0.5) is 0 Å². The summed E-state index contributed by atoms with van der Waals surface area (Å²) >= 11 is 0. The van der Waals surface area contributed by atoms with E-state index in [2.05, 4.69) is 22.2 Å². The van der Waals surface area contributed by atoms with E-state index >= 15 is 0 Å². The van der Waals surface area contributed by atoms with Crippen molar-refractivity contribution in [3.05, 3.63) is 59.7 Å². The molecule has 2 aromatic rings. The second kappa shape index (κ2) is 8.09. The molecule has 2 fully saturated rings. The molecule has 1 aliphatic carbocycles. The monoisotopic (exact) mass is 378 g/mol. The third kappa shape index (κ3) is 4.21. The Morgan fingerprint density at radius 1 is 1.07 bits per heavy atom. The Kier molecular flexibility index (Phi) is 5.37. The van der Waals surface area contributed by atoms with Gasteiger partial charge in [-0.15, -0.1) is 0 Å². The second-order valence-corrected chi connectivity index (χ2v) is 7.85. The van der Waals surface area contributed by atoms with Crippen molar-refractivity contribution in [2.75, 3.05) is 13.1 Å². The van der Waals surface area contributed by atoms with Crippen molar-refractivity contribution in [2.45, 2.75) is 44.6 Å². The molecule has 1 saturated heterocycles. The fraction of sp³-hybridized carbons (Fsp3) is 0.455. The summed E-state index contributed by atoms with van der Waals surface area (Å²) in [5, 5.41) is 3.06. The molecule has 1 saturated carbocycles. The number of aromatic nitrogens is 2. The Labute approximate surface area is 165 Å². The van der Waals surface area contributed by atoms with Crippen molar-refractivity contribution in [1.29, 1.82) is 0 Å². The maximum absolute atomic E-state index is 12.5. The number of rotatable bonds is 5. The van der Waals surface area contributed by atoms with E-state index in [1.165, 1.54) is 12.8 Å². The Bertz CT molecular complexity index is 825. The number of nitrogens with zero attached hydrogens (tertiary/aromatic N) is 3. The fourth-order valence-corrected chi connectivity index (χ4v) is 3.81. The summed E-state index contributed by atoms with van der Waals surface area (Å²) in [6, 6.07) is 9.45.